The van der Waals surface area contributed by atoms with Gasteiger partial charge < -0.3 is 5.32 Å². The van der Waals surface area contributed by atoms with Gasteiger partial charge in [0.2, 0.25) is 0 Å². The second-order valence-corrected chi connectivity index (χ2v) is 5.37. The lowest BCUT2D eigenvalue weighted by Crippen LogP contribution is -2.48. The molecule has 0 aromatic heterocycles. The Morgan fingerprint density at radius 1 is 1.35 bits per heavy atom. The maximum Gasteiger partial charge on any atom is 0.147 e. The Balaban J connectivity index is 2.35. The summed E-state index contributed by atoms with van der Waals surface area (Å²) in [4.78, 5) is 16.3. The monoisotopic (exact) mass is 241 g/mol. The fourth-order valence-electron chi connectivity index (χ4n) is 2.66. The number of carbonyl (C=O) groups excluding carboxylic acids is 1. The number of likely N-dealkylation sites (N-methyl/N-ethyl adjacent to an activating group) is 1. The van der Waals surface area contributed by atoms with Crippen molar-refractivity contribution in [2.24, 2.45) is 5.92 Å². The Labute approximate surface area is 105 Å². The summed E-state index contributed by atoms with van der Waals surface area (Å²) < 4.78 is 0. The van der Waals surface area contributed by atoms with E-state index in [2.05, 4.69) is 36.0 Å². The standard InChI is InChI=1S/C13H27N3O/c1-11(2)13(12(3)17)15(4)9-10-16-7-5-14-6-8-16/h11,13-14H,5-10H2,1-4H3/t13-/m0/s1. The number of piperazine rings is 1. The van der Waals surface area contributed by atoms with Gasteiger partial charge in [-0.3, -0.25) is 14.6 Å². The van der Waals surface area contributed by atoms with Crippen molar-refractivity contribution in [2.45, 2.75) is 26.8 Å². The first kappa shape index (κ1) is 14.6. The molecule has 1 fully saturated rings. The second-order valence-electron chi connectivity index (χ2n) is 5.37. The van der Waals surface area contributed by atoms with Crippen LogP contribution in [0, 0.1) is 5.92 Å². The molecule has 1 aliphatic heterocycles. The van der Waals surface area contributed by atoms with Crippen LogP contribution in [0.15, 0.2) is 0 Å². The number of Topliss-reactive ketones (excluding diaryl/α,β-unsaturated/α-hetero) is 1. The van der Waals surface area contributed by atoms with E-state index in [1.807, 2.05) is 0 Å². The molecule has 1 rings (SSSR count). The maximum atomic E-state index is 11.6. The van der Waals surface area contributed by atoms with Crippen molar-refractivity contribution in [3.8, 4) is 0 Å². The van der Waals surface area contributed by atoms with Gasteiger partial charge in [0.05, 0.1) is 6.04 Å². The van der Waals surface area contributed by atoms with Crippen molar-refractivity contribution in [3.63, 3.8) is 0 Å². The normalized spacial score (nSPS) is 19.9. The van der Waals surface area contributed by atoms with Crippen LogP contribution in [0.2, 0.25) is 0 Å². The zero-order valence-electron chi connectivity index (χ0n) is 11.7. The van der Waals surface area contributed by atoms with E-state index in [1.165, 1.54) is 0 Å². The third-order valence-electron chi connectivity index (χ3n) is 3.50. The minimum absolute atomic E-state index is 0.0675. The van der Waals surface area contributed by atoms with E-state index in [-0.39, 0.29) is 11.8 Å². The van der Waals surface area contributed by atoms with E-state index >= 15 is 0 Å². The molecule has 1 aliphatic rings. The highest BCUT2D eigenvalue weighted by Crippen LogP contribution is 2.10. The molecule has 1 N–H and O–H groups in total. The smallest absolute Gasteiger partial charge is 0.147 e. The van der Waals surface area contributed by atoms with Crippen molar-refractivity contribution < 1.29 is 4.79 Å². The molecule has 0 radical (unpaired) electrons. The van der Waals surface area contributed by atoms with Crippen LogP contribution in [0.3, 0.4) is 0 Å². The zero-order chi connectivity index (χ0) is 12.8. The lowest BCUT2D eigenvalue weighted by atomic mass is 9.99. The summed E-state index contributed by atoms with van der Waals surface area (Å²) in [6, 6.07) is 0.0675. The largest absolute Gasteiger partial charge is 0.314 e. The molecule has 17 heavy (non-hydrogen) atoms. The topological polar surface area (TPSA) is 35.6 Å². The maximum absolute atomic E-state index is 11.6. The van der Waals surface area contributed by atoms with Crippen molar-refractivity contribution in [1.82, 2.24) is 15.1 Å². The quantitative estimate of drug-likeness (QED) is 0.732. The summed E-state index contributed by atoms with van der Waals surface area (Å²) in [5.74, 6) is 0.670. The number of hydrogen-bond donors (Lipinski definition) is 1. The van der Waals surface area contributed by atoms with Gasteiger partial charge in [-0.25, -0.2) is 0 Å². The van der Waals surface area contributed by atoms with Crippen molar-refractivity contribution in [2.75, 3.05) is 46.3 Å². The molecule has 0 amide bonds. The average molecular weight is 241 g/mol. The van der Waals surface area contributed by atoms with Crippen LogP contribution in [-0.2, 0) is 4.79 Å². The van der Waals surface area contributed by atoms with Crippen LogP contribution in [0.1, 0.15) is 20.8 Å². The molecule has 1 heterocycles. The van der Waals surface area contributed by atoms with E-state index in [0.29, 0.717) is 5.92 Å². The molecule has 1 saturated heterocycles. The molecule has 0 aromatic carbocycles. The molecule has 0 unspecified atom stereocenters. The Morgan fingerprint density at radius 3 is 2.41 bits per heavy atom. The number of hydrogen-bond acceptors (Lipinski definition) is 4. The number of rotatable bonds is 6. The molecular weight excluding hydrogens is 214 g/mol. The zero-order valence-corrected chi connectivity index (χ0v) is 11.7. The van der Waals surface area contributed by atoms with Crippen LogP contribution in [0.4, 0.5) is 0 Å². The summed E-state index contributed by atoms with van der Waals surface area (Å²) in [6.07, 6.45) is 0. The van der Waals surface area contributed by atoms with Crippen LogP contribution in [0.25, 0.3) is 0 Å². The SMILES string of the molecule is CC(=O)[C@H](C(C)C)N(C)CCN1CCNCC1. The second kappa shape index (κ2) is 7.09. The minimum Gasteiger partial charge on any atom is -0.314 e. The van der Waals surface area contributed by atoms with Gasteiger partial charge in [0, 0.05) is 39.3 Å². The molecule has 4 heteroatoms. The third kappa shape index (κ3) is 4.74. The lowest BCUT2D eigenvalue weighted by molar-refractivity contribution is -0.123. The minimum atomic E-state index is 0.0675. The van der Waals surface area contributed by atoms with Gasteiger partial charge in [-0.05, 0) is 19.9 Å². The molecule has 0 aliphatic carbocycles. The predicted octanol–water partition coefficient (Wildman–Crippen LogP) is 0.437. The fraction of sp³-hybridized carbons (Fsp3) is 0.923. The highest BCUT2D eigenvalue weighted by molar-refractivity contribution is 5.81. The van der Waals surface area contributed by atoms with Gasteiger partial charge in [-0.15, -0.1) is 0 Å². The van der Waals surface area contributed by atoms with Crippen molar-refractivity contribution >= 4 is 5.78 Å². The number of carbonyl (C=O) groups is 1. The molecule has 0 aromatic rings. The Hall–Kier alpha value is -0.450. The summed E-state index contributed by atoms with van der Waals surface area (Å²) in [6.45, 7) is 12.4. The van der Waals surface area contributed by atoms with Crippen LogP contribution in [-0.4, -0.2) is 67.9 Å². The van der Waals surface area contributed by atoms with Gasteiger partial charge in [0.15, 0.2) is 0 Å². The lowest BCUT2D eigenvalue weighted by Gasteiger charge is -2.33. The molecule has 0 saturated carbocycles. The molecule has 0 spiro atoms. The van der Waals surface area contributed by atoms with E-state index in [1.54, 1.807) is 6.92 Å². The molecule has 0 bridgehead atoms. The number of ketones is 1. The van der Waals surface area contributed by atoms with Crippen LogP contribution < -0.4 is 5.32 Å². The third-order valence-corrected chi connectivity index (χ3v) is 3.50. The summed E-state index contributed by atoms with van der Waals surface area (Å²) >= 11 is 0. The van der Waals surface area contributed by atoms with E-state index in [9.17, 15) is 4.79 Å². The summed E-state index contributed by atoms with van der Waals surface area (Å²) in [5, 5.41) is 3.35. The molecule has 100 valence electrons. The average Bonchev–Trinajstić information content (AvgIpc) is 2.27. The molecule has 1 atom stereocenters. The van der Waals surface area contributed by atoms with Crippen molar-refractivity contribution in [1.29, 1.82) is 0 Å². The van der Waals surface area contributed by atoms with E-state index in [0.717, 1.165) is 39.3 Å². The van der Waals surface area contributed by atoms with E-state index < -0.39 is 0 Å². The Kier molecular flexibility index (Phi) is 6.09. The molecular formula is C13H27N3O. The first-order valence-corrected chi connectivity index (χ1v) is 6.66. The number of nitrogens with one attached hydrogen (secondary N) is 1. The Morgan fingerprint density at radius 2 is 1.94 bits per heavy atom. The van der Waals surface area contributed by atoms with Gasteiger partial charge in [0.1, 0.15) is 5.78 Å². The highest BCUT2D eigenvalue weighted by atomic mass is 16.1. The number of nitrogens with zero attached hydrogens (tertiary/aromatic N) is 2. The van der Waals surface area contributed by atoms with Gasteiger partial charge in [0.25, 0.3) is 0 Å². The summed E-state index contributed by atoms with van der Waals surface area (Å²) in [5.41, 5.74) is 0. The highest BCUT2D eigenvalue weighted by Gasteiger charge is 2.23. The van der Waals surface area contributed by atoms with Crippen LogP contribution >= 0.6 is 0 Å². The summed E-state index contributed by atoms with van der Waals surface area (Å²) in [7, 11) is 2.06. The van der Waals surface area contributed by atoms with Gasteiger partial charge in [-0.1, -0.05) is 13.8 Å². The fourth-order valence-corrected chi connectivity index (χ4v) is 2.66. The van der Waals surface area contributed by atoms with E-state index in [4.69, 9.17) is 0 Å². The predicted molar refractivity (Wildman–Crippen MR) is 71.2 cm³/mol. The first-order chi connectivity index (χ1) is 8.02. The molecule has 4 nitrogen and oxygen atoms in total. The van der Waals surface area contributed by atoms with Gasteiger partial charge in [-0.2, -0.15) is 0 Å². The van der Waals surface area contributed by atoms with Gasteiger partial charge >= 0.3 is 0 Å². The van der Waals surface area contributed by atoms with Crippen molar-refractivity contribution in [3.05, 3.63) is 0 Å². The van der Waals surface area contributed by atoms with Crippen LogP contribution in [0.5, 0.6) is 0 Å². The Bertz CT molecular complexity index is 237. The first-order valence-electron chi connectivity index (χ1n) is 6.66.